The normalized spacial score (nSPS) is 13.8. The minimum absolute atomic E-state index is 0.0351. The Morgan fingerprint density at radius 2 is 0.711 bits per heavy atom. The third-order valence-electron chi connectivity index (χ3n) is 13.4. The van der Waals surface area contributed by atoms with Crippen LogP contribution in [0.25, 0.3) is 0 Å². The van der Waals surface area contributed by atoms with Crippen molar-refractivity contribution in [3.8, 4) is 0 Å². The summed E-state index contributed by atoms with van der Waals surface area (Å²) in [6, 6.07) is 0. The number of carbonyl (C=O) groups is 2. The highest BCUT2D eigenvalue weighted by Gasteiger charge is 2.22. The molecule has 0 saturated carbocycles. The predicted molar refractivity (Wildman–Crippen MR) is 323 cm³/mol. The summed E-state index contributed by atoms with van der Waals surface area (Å²) in [7, 11) is 1.16. The molecule has 0 saturated heterocycles. The molecule has 76 heavy (non-hydrogen) atoms. The molecule has 2 unspecified atom stereocenters. The van der Waals surface area contributed by atoms with Crippen molar-refractivity contribution in [1.29, 1.82) is 0 Å². The van der Waals surface area contributed by atoms with Crippen LogP contribution in [0.1, 0.15) is 271 Å². The molecule has 0 N–H and O–H groups in total. The fraction of sp³-hybridized carbons (Fsp3) is 0.758. The fourth-order valence-electron chi connectivity index (χ4n) is 8.66. The van der Waals surface area contributed by atoms with E-state index < -0.39 is 32.5 Å². The molecule has 0 fully saturated rings. The third-order valence-corrected chi connectivity index (χ3v) is 14.4. The van der Waals surface area contributed by atoms with E-state index in [-0.39, 0.29) is 26.1 Å². The van der Waals surface area contributed by atoms with Crippen LogP contribution in [0.2, 0.25) is 0 Å². The summed E-state index contributed by atoms with van der Waals surface area (Å²) in [5, 5.41) is 0. The lowest BCUT2D eigenvalue weighted by atomic mass is 10.0. The van der Waals surface area contributed by atoms with Crippen molar-refractivity contribution in [2.45, 2.75) is 277 Å². The first kappa shape index (κ1) is 73.2. The Kier molecular flexibility index (Phi) is 54.8. The number of carbonyl (C=O) groups excluding carboxylic acids is 2. The van der Waals surface area contributed by atoms with Gasteiger partial charge in [0.1, 0.15) is 19.8 Å². The number of esters is 2. The number of quaternary nitrogens is 1. The van der Waals surface area contributed by atoms with Gasteiger partial charge >= 0.3 is 11.9 Å². The van der Waals surface area contributed by atoms with E-state index in [0.717, 1.165) is 96.3 Å². The Balaban J connectivity index is 3.95. The molecule has 0 aliphatic heterocycles. The minimum Gasteiger partial charge on any atom is -0.756 e. The van der Waals surface area contributed by atoms with E-state index >= 15 is 0 Å². The van der Waals surface area contributed by atoms with Gasteiger partial charge in [0.05, 0.1) is 27.7 Å². The average molecular weight is 1080 g/mol. The highest BCUT2D eigenvalue weighted by Crippen LogP contribution is 2.38. The van der Waals surface area contributed by atoms with Gasteiger partial charge in [-0.3, -0.25) is 14.2 Å². The SMILES string of the molecule is CC/C=C\C/C=C\C/C=C\C/C=C\CCCCCCCCCCCCCCCCCCCCCCCCCCC(=O)OC(COC(=O)CCCCCCC/C=C\C/C=C\C/C=C\CC)COP(=O)([O-])OCC[N+](C)(C)C. The van der Waals surface area contributed by atoms with Crippen LogP contribution in [0.4, 0.5) is 0 Å². The Morgan fingerprint density at radius 1 is 0.408 bits per heavy atom. The summed E-state index contributed by atoms with van der Waals surface area (Å²) >= 11 is 0. The lowest BCUT2D eigenvalue weighted by Crippen LogP contribution is -2.37. The number of phosphoric ester groups is 1. The van der Waals surface area contributed by atoms with Gasteiger partial charge in [-0.1, -0.05) is 259 Å². The molecule has 0 amide bonds. The standard InChI is InChI=1S/C66H118NO8P/c1-6-8-10-12-14-16-18-20-22-23-24-25-26-27-28-29-30-31-32-33-34-35-36-37-38-39-40-41-42-43-45-47-49-51-53-55-57-59-66(69)75-64(63-74-76(70,71)73-61-60-67(3,4)5)62-72-65(68)58-56-54-52-50-48-46-44-21-19-17-15-13-11-9-7-2/h8-11,14-17,20-22,24-25,44,64H,6-7,12-13,18-19,23,26-43,45-63H2,1-5H3/b10-8-,11-9-,16-14-,17-15-,22-20-,25-24-,44-21-. The summed E-state index contributed by atoms with van der Waals surface area (Å²) in [6.07, 6.45) is 76.7. The molecule has 10 heteroatoms. The number of phosphoric acid groups is 1. The average Bonchev–Trinajstić information content (AvgIpc) is 3.38. The fourth-order valence-corrected chi connectivity index (χ4v) is 9.39. The number of nitrogens with zero attached hydrogens (tertiary/aromatic N) is 1. The monoisotopic (exact) mass is 1080 g/mol. The summed E-state index contributed by atoms with van der Waals surface area (Å²) in [4.78, 5) is 37.8. The minimum atomic E-state index is -4.64. The van der Waals surface area contributed by atoms with E-state index in [9.17, 15) is 19.0 Å². The van der Waals surface area contributed by atoms with Gasteiger partial charge in [0.15, 0.2) is 6.10 Å². The second-order valence-corrected chi connectivity index (χ2v) is 23.4. The maximum absolute atomic E-state index is 12.8. The van der Waals surface area contributed by atoms with Crippen molar-refractivity contribution in [1.82, 2.24) is 0 Å². The van der Waals surface area contributed by atoms with Gasteiger partial charge in [0.2, 0.25) is 0 Å². The van der Waals surface area contributed by atoms with Crippen molar-refractivity contribution in [3.63, 3.8) is 0 Å². The number of ether oxygens (including phenoxy) is 2. The molecule has 0 aromatic carbocycles. The Hall–Kier alpha value is -2.81. The van der Waals surface area contributed by atoms with E-state index in [4.69, 9.17) is 18.5 Å². The first-order valence-corrected chi connectivity index (χ1v) is 32.8. The van der Waals surface area contributed by atoms with Crippen LogP contribution in [-0.2, 0) is 32.7 Å². The predicted octanol–water partition coefficient (Wildman–Crippen LogP) is 19.2. The topological polar surface area (TPSA) is 111 Å². The Bertz CT molecular complexity index is 1560. The van der Waals surface area contributed by atoms with E-state index in [1.165, 1.54) is 135 Å². The second kappa shape index (κ2) is 56.9. The summed E-state index contributed by atoms with van der Waals surface area (Å²) in [5.74, 6) is -0.847. The number of likely N-dealkylation sites (N-methyl/N-ethyl adjacent to an activating group) is 1. The number of hydrogen-bond acceptors (Lipinski definition) is 8. The number of rotatable bonds is 57. The van der Waals surface area contributed by atoms with Gasteiger partial charge in [-0.25, -0.2) is 0 Å². The van der Waals surface area contributed by atoms with Crippen molar-refractivity contribution in [3.05, 3.63) is 85.1 Å². The van der Waals surface area contributed by atoms with Crippen LogP contribution in [0, 0.1) is 0 Å². The number of allylic oxidation sites excluding steroid dienone is 14. The van der Waals surface area contributed by atoms with Gasteiger partial charge in [-0.05, 0) is 83.5 Å². The van der Waals surface area contributed by atoms with E-state index in [0.29, 0.717) is 23.9 Å². The molecule has 0 aliphatic carbocycles. The zero-order valence-electron chi connectivity index (χ0n) is 49.9. The number of hydrogen-bond donors (Lipinski definition) is 0. The maximum Gasteiger partial charge on any atom is 0.306 e. The number of unbranched alkanes of at least 4 members (excludes halogenated alkanes) is 29. The van der Waals surface area contributed by atoms with E-state index in [1.54, 1.807) is 0 Å². The molecule has 0 bridgehead atoms. The van der Waals surface area contributed by atoms with Crippen LogP contribution >= 0.6 is 7.82 Å². The molecular formula is C66H118NO8P. The van der Waals surface area contributed by atoms with Crippen molar-refractivity contribution < 1.29 is 42.1 Å². The molecule has 0 spiro atoms. The van der Waals surface area contributed by atoms with Gasteiger partial charge in [-0.2, -0.15) is 0 Å². The van der Waals surface area contributed by atoms with Crippen LogP contribution in [0.5, 0.6) is 0 Å². The van der Waals surface area contributed by atoms with Crippen LogP contribution in [0.15, 0.2) is 85.1 Å². The van der Waals surface area contributed by atoms with Crippen molar-refractivity contribution in [2.24, 2.45) is 0 Å². The lowest BCUT2D eigenvalue weighted by molar-refractivity contribution is -0.870. The highest BCUT2D eigenvalue weighted by molar-refractivity contribution is 7.45. The van der Waals surface area contributed by atoms with Crippen LogP contribution in [-0.4, -0.2) is 70.0 Å². The summed E-state index contributed by atoms with van der Waals surface area (Å²) < 4.78 is 34.1. The van der Waals surface area contributed by atoms with Gasteiger partial charge in [0, 0.05) is 12.8 Å². The van der Waals surface area contributed by atoms with Gasteiger partial charge in [0.25, 0.3) is 7.82 Å². The zero-order chi connectivity index (χ0) is 55.6. The molecular weight excluding hydrogens is 966 g/mol. The quantitative estimate of drug-likeness (QED) is 0.0195. The largest absolute Gasteiger partial charge is 0.756 e. The van der Waals surface area contributed by atoms with E-state index in [1.807, 2.05) is 21.1 Å². The molecule has 0 heterocycles. The molecule has 0 radical (unpaired) electrons. The zero-order valence-corrected chi connectivity index (χ0v) is 50.8. The molecule has 9 nitrogen and oxygen atoms in total. The molecule has 440 valence electrons. The Labute approximate surface area is 469 Å². The lowest BCUT2D eigenvalue weighted by Gasteiger charge is -2.28. The van der Waals surface area contributed by atoms with Crippen LogP contribution < -0.4 is 4.89 Å². The van der Waals surface area contributed by atoms with Crippen molar-refractivity contribution in [2.75, 3.05) is 47.5 Å². The molecule has 0 aromatic rings. The highest BCUT2D eigenvalue weighted by atomic mass is 31.2. The summed E-state index contributed by atoms with van der Waals surface area (Å²) in [6.45, 7) is 4.01. The summed E-state index contributed by atoms with van der Waals surface area (Å²) in [5.41, 5.74) is 0. The smallest absolute Gasteiger partial charge is 0.306 e. The second-order valence-electron chi connectivity index (χ2n) is 22.0. The van der Waals surface area contributed by atoms with E-state index in [2.05, 4.69) is 98.9 Å². The molecule has 0 aliphatic rings. The molecule has 0 rings (SSSR count). The molecule has 0 aromatic heterocycles. The Morgan fingerprint density at radius 3 is 1.05 bits per heavy atom. The van der Waals surface area contributed by atoms with Crippen LogP contribution in [0.3, 0.4) is 0 Å². The van der Waals surface area contributed by atoms with Gasteiger partial charge in [-0.15, -0.1) is 0 Å². The van der Waals surface area contributed by atoms with Crippen molar-refractivity contribution >= 4 is 19.8 Å². The first-order chi connectivity index (χ1) is 37.0. The third kappa shape index (κ3) is 60.4. The molecule has 2 atom stereocenters. The first-order valence-electron chi connectivity index (χ1n) is 31.3. The van der Waals surface area contributed by atoms with Gasteiger partial charge < -0.3 is 27.9 Å². The maximum atomic E-state index is 12.8.